The van der Waals surface area contributed by atoms with E-state index < -0.39 is 0 Å². The Balaban J connectivity index is 1.86. The fourth-order valence-corrected chi connectivity index (χ4v) is 5.85. The van der Waals surface area contributed by atoms with E-state index in [1.807, 2.05) is 0 Å². The lowest BCUT2D eigenvalue weighted by atomic mass is 9.66. The largest absolute Gasteiger partial charge is 0.0992 e. The van der Waals surface area contributed by atoms with Crippen LogP contribution in [-0.2, 0) is 0 Å². The predicted octanol–water partition coefficient (Wildman–Crippen LogP) is 12.3. The third kappa shape index (κ3) is 11.3. The van der Waals surface area contributed by atoms with Crippen molar-refractivity contribution in [2.24, 2.45) is 22.7 Å². The second-order valence-corrected chi connectivity index (χ2v) is 13.4. The zero-order chi connectivity index (χ0) is 29.8. The molecule has 216 valence electrons. The molecule has 0 radical (unpaired) electrons. The van der Waals surface area contributed by atoms with Crippen molar-refractivity contribution in [3.63, 3.8) is 0 Å². The van der Waals surface area contributed by atoms with Crippen LogP contribution in [0.2, 0.25) is 0 Å². The molecule has 0 amide bonds. The number of hydrogen-bond acceptors (Lipinski definition) is 0. The minimum absolute atomic E-state index is 0.312. The first-order chi connectivity index (χ1) is 18.8. The molecule has 0 aliphatic heterocycles. The molecule has 0 bridgehead atoms. The molecular weight excluding hydrogens is 480 g/mol. The van der Waals surface area contributed by atoms with Crippen molar-refractivity contribution >= 4 is 0 Å². The van der Waals surface area contributed by atoms with Crippen LogP contribution in [0, 0.1) is 22.7 Å². The maximum absolute atomic E-state index is 4.34. The molecule has 0 nitrogen and oxygen atoms in total. The molecule has 2 rings (SSSR count). The highest BCUT2D eigenvalue weighted by Gasteiger charge is 2.32. The van der Waals surface area contributed by atoms with Crippen LogP contribution < -0.4 is 0 Å². The Morgan fingerprint density at radius 1 is 0.675 bits per heavy atom. The van der Waals surface area contributed by atoms with Gasteiger partial charge in [-0.05, 0) is 77.6 Å². The first-order valence-corrected chi connectivity index (χ1v) is 15.2. The first-order valence-electron chi connectivity index (χ1n) is 15.2. The van der Waals surface area contributed by atoms with E-state index in [9.17, 15) is 0 Å². The van der Waals surface area contributed by atoms with Crippen molar-refractivity contribution in [3.05, 3.63) is 131 Å². The van der Waals surface area contributed by atoms with Gasteiger partial charge in [0.25, 0.3) is 0 Å². The molecule has 0 spiro atoms. The molecule has 0 N–H and O–H groups in total. The summed E-state index contributed by atoms with van der Waals surface area (Å²) in [4.78, 5) is 0. The molecule has 2 atom stereocenters. The van der Waals surface area contributed by atoms with Crippen LogP contribution in [0.3, 0.4) is 0 Å². The summed E-state index contributed by atoms with van der Waals surface area (Å²) in [5.74, 6) is 1.01. The monoisotopic (exact) mass is 536 g/mol. The molecule has 0 heteroatoms. The smallest absolute Gasteiger partial charge is 0.00285 e. The van der Waals surface area contributed by atoms with Gasteiger partial charge in [-0.3, -0.25) is 0 Å². The average Bonchev–Trinajstić information content (AvgIpc) is 2.85. The van der Waals surface area contributed by atoms with Gasteiger partial charge in [0.15, 0.2) is 0 Å². The van der Waals surface area contributed by atoms with Crippen molar-refractivity contribution < 1.29 is 0 Å². The van der Waals surface area contributed by atoms with Gasteiger partial charge in [0.1, 0.15) is 0 Å². The van der Waals surface area contributed by atoms with Crippen LogP contribution in [0.5, 0.6) is 0 Å². The lowest BCUT2D eigenvalue weighted by Crippen LogP contribution is -2.27. The minimum atomic E-state index is 0.312. The van der Waals surface area contributed by atoms with Crippen LogP contribution in [0.15, 0.2) is 131 Å². The van der Waals surface area contributed by atoms with Crippen LogP contribution in [0.1, 0.15) is 94.4 Å². The predicted molar refractivity (Wildman–Crippen MR) is 181 cm³/mol. The van der Waals surface area contributed by atoms with Gasteiger partial charge in [-0.15, -0.1) is 0 Å². The summed E-state index contributed by atoms with van der Waals surface area (Å²) in [6.45, 7) is 24.7. The highest BCUT2D eigenvalue weighted by molar-refractivity contribution is 5.33. The standard InChI is InChI=1S/C40H56/c1-31(19-13-21-33(3)25-27-37-35(5)23-15-29-39(37,7)8)17-11-12-18-32(2)20-14-22-34(4)26-28-38-36(6)24-16-30-40(38,9)10/h11-14,17-22,24-28,37-38H,5,15-16,23,29-30H2,1-4,6-10H3/b12-11+,19-13+,20-14+,27-25+,28-26+,31-17+,32-18+,33-21+,34-22+. The summed E-state index contributed by atoms with van der Waals surface area (Å²) < 4.78 is 0. The molecule has 2 unspecified atom stereocenters. The number of allylic oxidation sites excluding steroid dienone is 21. The summed E-state index contributed by atoms with van der Waals surface area (Å²) in [6.07, 6.45) is 39.4. The molecule has 0 aromatic heterocycles. The van der Waals surface area contributed by atoms with E-state index in [0.717, 1.165) is 6.42 Å². The van der Waals surface area contributed by atoms with Crippen molar-refractivity contribution in [1.29, 1.82) is 0 Å². The van der Waals surface area contributed by atoms with E-state index in [1.165, 1.54) is 59.1 Å². The van der Waals surface area contributed by atoms with Gasteiger partial charge in [-0.25, -0.2) is 0 Å². The topological polar surface area (TPSA) is 0 Å². The quantitative estimate of drug-likeness (QED) is 0.192. The Kier molecular flexibility index (Phi) is 13.2. The number of rotatable bonds is 10. The maximum Gasteiger partial charge on any atom is 0.00285 e. The Morgan fingerprint density at radius 2 is 1.12 bits per heavy atom. The second kappa shape index (κ2) is 15.8. The van der Waals surface area contributed by atoms with E-state index in [0.29, 0.717) is 22.7 Å². The summed E-state index contributed by atoms with van der Waals surface area (Å²) in [5, 5.41) is 0. The molecule has 1 fully saturated rings. The molecule has 0 saturated heterocycles. The minimum Gasteiger partial charge on any atom is -0.0992 e. The summed E-state index contributed by atoms with van der Waals surface area (Å²) >= 11 is 0. The SMILES string of the molecule is C=C1CCCC(C)(C)C1/C=C/C(C)=C/C=C/C(C)=C/C=C/C=C(C)/C=C/C=C(C)/C=C/C1C(C)=CCCC1(C)C. The lowest BCUT2D eigenvalue weighted by molar-refractivity contribution is 0.228. The van der Waals surface area contributed by atoms with Gasteiger partial charge >= 0.3 is 0 Å². The van der Waals surface area contributed by atoms with Crippen LogP contribution >= 0.6 is 0 Å². The van der Waals surface area contributed by atoms with Crippen molar-refractivity contribution in [1.82, 2.24) is 0 Å². The second-order valence-electron chi connectivity index (χ2n) is 13.4. The van der Waals surface area contributed by atoms with E-state index in [2.05, 4.69) is 160 Å². The zero-order valence-corrected chi connectivity index (χ0v) is 27.1. The van der Waals surface area contributed by atoms with Crippen molar-refractivity contribution in [3.8, 4) is 0 Å². The van der Waals surface area contributed by atoms with Crippen LogP contribution in [-0.4, -0.2) is 0 Å². The van der Waals surface area contributed by atoms with E-state index in [-0.39, 0.29) is 0 Å². The Bertz CT molecular complexity index is 1170. The van der Waals surface area contributed by atoms with Crippen molar-refractivity contribution in [2.45, 2.75) is 94.4 Å². The molecule has 0 heterocycles. The Labute approximate surface area is 247 Å². The molecule has 0 aromatic carbocycles. The van der Waals surface area contributed by atoms with Crippen LogP contribution in [0.25, 0.3) is 0 Å². The number of hydrogen-bond donors (Lipinski definition) is 0. The van der Waals surface area contributed by atoms with Gasteiger partial charge in [0.2, 0.25) is 0 Å². The molecule has 2 aliphatic carbocycles. The molecule has 1 saturated carbocycles. The zero-order valence-electron chi connectivity index (χ0n) is 27.1. The third-order valence-corrected chi connectivity index (χ3v) is 8.56. The Morgan fingerprint density at radius 3 is 1.62 bits per heavy atom. The van der Waals surface area contributed by atoms with Crippen LogP contribution in [0.4, 0.5) is 0 Å². The summed E-state index contributed by atoms with van der Waals surface area (Å²) in [5.41, 5.74) is 8.54. The highest BCUT2D eigenvalue weighted by Crippen LogP contribution is 2.44. The normalized spacial score (nSPS) is 25.3. The molecular formula is C40H56. The van der Waals surface area contributed by atoms with Crippen molar-refractivity contribution in [2.75, 3.05) is 0 Å². The third-order valence-electron chi connectivity index (χ3n) is 8.56. The van der Waals surface area contributed by atoms with E-state index >= 15 is 0 Å². The van der Waals surface area contributed by atoms with Gasteiger partial charge < -0.3 is 0 Å². The Hall–Kier alpha value is -2.86. The first kappa shape index (κ1) is 33.3. The van der Waals surface area contributed by atoms with Gasteiger partial charge in [0.05, 0.1) is 0 Å². The molecule has 0 aromatic rings. The fourth-order valence-electron chi connectivity index (χ4n) is 5.85. The van der Waals surface area contributed by atoms with Gasteiger partial charge in [-0.1, -0.05) is 159 Å². The van der Waals surface area contributed by atoms with E-state index in [4.69, 9.17) is 0 Å². The fraction of sp³-hybridized carbons (Fsp3) is 0.450. The van der Waals surface area contributed by atoms with E-state index in [1.54, 1.807) is 0 Å². The van der Waals surface area contributed by atoms with Gasteiger partial charge in [-0.2, -0.15) is 0 Å². The highest BCUT2D eigenvalue weighted by atomic mass is 14.4. The lowest BCUT2D eigenvalue weighted by Gasteiger charge is -2.38. The molecule has 2 aliphatic rings. The summed E-state index contributed by atoms with van der Waals surface area (Å²) in [7, 11) is 0. The average molecular weight is 537 g/mol. The molecule has 40 heavy (non-hydrogen) atoms. The summed E-state index contributed by atoms with van der Waals surface area (Å²) in [6, 6.07) is 0. The maximum atomic E-state index is 4.34. The van der Waals surface area contributed by atoms with Gasteiger partial charge in [0, 0.05) is 11.8 Å².